The molecule has 1 atom stereocenters. The zero-order chi connectivity index (χ0) is 20.5. The number of hydrogen-bond acceptors (Lipinski definition) is 4. The van der Waals surface area contributed by atoms with E-state index >= 15 is 0 Å². The number of aliphatic hydroxyl groups is 1. The number of pyridine rings is 1. The van der Waals surface area contributed by atoms with Crippen molar-refractivity contribution in [2.45, 2.75) is 19.9 Å². The van der Waals surface area contributed by atoms with Gasteiger partial charge in [0.25, 0.3) is 5.78 Å². The first-order chi connectivity index (χ1) is 14.0. The molecule has 2 aromatic carbocycles. The van der Waals surface area contributed by atoms with Gasteiger partial charge in [-0.05, 0) is 31.5 Å². The van der Waals surface area contributed by atoms with Crippen LogP contribution in [0.4, 0.5) is 5.82 Å². The molecule has 1 aromatic heterocycles. The van der Waals surface area contributed by atoms with Crippen molar-refractivity contribution in [3.05, 3.63) is 101 Å². The molecule has 0 radical (unpaired) electrons. The Bertz CT molecular complexity index is 1120. The third-order valence-electron chi connectivity index (χ3n) is 5.01. The van der Waals surface area contributed by atoms with Crippen LogP contribution in [0.15, 0.2) is 78.4 Å². The summed E-state index contributed by atoms with van der Waals surface area (Å²) in [7, 11) is 0. The van der Waals surface area contributed by atoms with Crippen molar-refractivity contribution >= 4 is 23.3 Å². The smallest absolute Gasteiger partial charge is 0.301 e. The van der Waals surface area contributed by atoms with Gasteiger partial charge in [-0.15, -0.1) is 0 Å². The summed E-state index contributed by atoms with van der Waals surface area (Å²) in [6, 6.07) is 20.9. The summed E-state index contributed by atoms with van der Waals surface area (Å²) in [5.41, 5.74) is 3.07. The van der Waals surface area contributed by atoms with E-state index < -0.39 is 17.7 Å². The van der Waals surface area contributed by atoms with E-state index in [0.29, 0.717) is 11.4 Å². The third-order valence-corrected chi connectivity index (χ3v) is 5.01. The number of carbonyl (C=O) groups excluding carboxylic acids is 2. The summed E-state index contributed by atoms with van der Waals surface area (Å²) < 4.78 is 0. The van der Waals surface area contributed by atoms with E-state index in [4.69, 9.17) is 0 Å². The first-order valence-electron chi connectivity index (χ1n) is 9.34. The number of amides is 1. The lowest BCUT2D eigenvalue weighted by Gasteiger charge is -2.24. The number of carbonyl (C=O) groups is 2. The Morgan fingerprint density at radius 3 is 2.24 bits per heavy atom. The molecule has 1 aliphatic rings. The first-order valence-corrected chi connectivity index (χ1v) is 9.34. The minimum absolute atomic E-state index is 0.0633. The van der Waals surface area contributed by atoms with Gasteiger partial charge in [-0.25, -0.2) is 4.98 Å². The number of aromatic nitrogens is 1. The third kappa shape index (κ3) is 3.31. The highest BCUT2D eigenvalue weighted by molar-refractivity contribution is 6.51. The maximum absolute atomic E-state index is 13.0. The second-order valence-corrected chi connectivity index (χ2v) is 7.08. The van der Waals surface area contributed by atoms with Gasteiger partial charge in [-0.2, -0.15) is 0 Å². The number of anilines is 1. The standard InChI is InChI=1S/C24H20N2O3/c1-15-11-13-17(14-12-15)21-20(22(27)18-8-4-3-5-9-18)23(28)24(29)26(21)19-10-6-7-16(2)25-19/h3-14,21,27H,1-2H3/t21-/m1/s1. The summed E-state index contributed by atoms with van der Waals surface area (Å²) in [6.45, 7) is 3.79. The molecule has 1 fully saturated rings. The second-order valence-electron chi connectivity index (χ2n) is 7.08. The van der Waals surface area contributed by atoms with Crippen LogP contribution in [-0.2, 0) is 9.59 Å². The Balaban J connectivity index is 1.96. The Hall–Kier alpha value is -3.73. The van der Waals surface area contributed by atoms with E-state index in [1.807, 2.05) is 50.2 Å². The predicted molar refractivity (Wildman–Crippen MR) is 111 cm³/mol. The van der Waals surface area contributed by atoms with Gasteiger partial charge in [0.1, 0.15) is 11.6 Å². The number of ketones is 1. The van der Waals surface area contributed by atoms with Gasteiger partial charge in [-0.1, -0.05) is 66.2 Å². The molecule has 2 heterocycles. The summed E-state index contributed by atoms with van der Waals surface area (Å²) in [6.07, 6.45) is 0. The number of hydrogen-bond donors (Lipinski definition) is 1. The van der Waals surface area contributed by atoms with Gasteiger partial charge in [0, 0.05) is 11.3 Å². The monoisotopic (exact) mass is 384 g/mol. The lowest BCUT2D eigenvalue weighted by molar-refractivity contribution is -0.132. The van der Waals surface area contributed by atoms with Crippen LogP contribution in [0.1, 0.15) is 28.4 Å². The van der Waals surface area contributed by atoms with Crippen LogP contribution >= 0.6 is 0 Å². The first kappa shape index (κ1) is 18.6. The van der Waals surface area contributed by atoms with Gasteiger partial charge >= 0.3 is 5.91 Å². The highest BCUT2D eigenvalue weighted by atomic mass is 16.3. The fourth-order valence-electron chi connectivity index (χ4n) is 3.55. The summed E-state index contributed by atoms with van der Waals surface area (Å²) in [4.78, 5) is 31.8. The second kappa shape index (κ2) is 7.36. The average Bonchev–Trinajstić information content (AvgIpc) is 2.99. The molecule has 1 aliphatic heterocycles. The van der Waals surface area contributed by atoms with Crippen molar-refractivity contribution in [1.29, 1.82) is 0 Å². The molecule has 144 valence electrons. The van der Waals surface area contributed by atoms with E-state index in [2.05, 4.69) is 4.98 Å². The van der Waals surface area contributed by atoms with Crippen LogP contribution in [0.5, 0.6) is 0 Å². The van der Waals surface area contributed by atoms with Gasteiger partial charge in [0.15, 0.2) is 0 Å². The fraction of sp³-hybridized carbons (Fsp3) is 0.125. The maximum atomic E-state index is 13.0. The molecule has 0 spiro atoms. The molecule has 0 aliphatic carbocycles. The Morgan fingerprint density at radius 2 is 1.59 bits per heavy atom. The Labute approximate surface area is 169 Å². The highest BCUT2D eigenvalue weighted by Gasteiger charge is 2.47. The van der Waals surface area contributed by atoms with Crippen molar-refractivity contribution in [3.8, 4) is 0 Å². The number of benzene rings is 2. The van der Waals surface area contributed by atoms with Crippen molar-refractivity contribution in [2.24, 2.45) is 0 Å². The van der Waals surface area contributed by atoms with Gasteiger partial charge in [0.05, 0.1) is 11.6 Å². The minimum atomic E-state index is -0.759. The van der Waals surface area contributed by atoms with Crippen molar-refractivity contribution in [3.63, 3.8) is 0 Å². The highest BCUT2D eigenvalue weighted by Crippen LogP contribution is 2.41. The normalized spacial score (nSPS) is 18.3. The van der Waals surface area contributed by atoms with E-state index in [9.17, 15) is 14.7 Å². The molecule has 0 bridgehead atoms. The Kier molecular flexibility index (Phi) is 4.72. The van der Waals surface area contributed by atoms with Crippen molar-refractivity contribution < 1.29 is 14.7 Å². The molecule has 3 aromatic rings. The van der Waals surface area contributed by atoms with Crippen LogP contribution in [0.2, 0.25) is 0 Å². The number of aliphatic hydroxyl groups excluding tert-OH is 1. The predicted octanol–water partition coefficient (Wildman–Crippen LogP) is 4.32. The SMILES string of the molecule is Cc1ccc([C@@H]2C(=C(O)c3ccccc3)C(=O)C(=O)N2c2cccc(C)n2)cc1. The van der Waals surface area contributed by atoms with Gasteiger partial charge < -0.3 is 5.11 Å². The average molecular weight is 384 g/mol. The van der Waals surface area contributed by atoms with Crippen molar-refractivity contribution in [1.82, 2.24) is 4.98 Å². The van der Waals surface area contributed by atoms with E-state index in [-0.39, 0.29) is 11.3 Å². The molecular formula is C24H20N2O3. The number of Topliss-reactive ketones (excluding diaryl/α,β-unsaturated/α-hetero) is 1. The van der Waals surface area contributed by atoms with Gasteiger partial charge in [0.2, 0.25) is 0 Å². The van der Waals surface area contributed by atoms with Gasteiger partial charge in [-0.3, -0.25) is 14.5 Å². The molecular weight excluding hydrogens is 364 g/mol. The van der Waals surface area contributed by atoms with Crippen LogP contribution in [-0.4, -0.2) is 21.8 Å². The zero-order valence-electron chi connectivity index (χ0n) is 16.2. The van der Waals surface area contributed by atoms with E-state index in [0.717, 1.165) is 16.8 Å². The molecule has 5 heteroatoms. The quantitative estimate of drug-likeness (QED) is 0.415. The molecule has 29 heavy (non-hydrogen) atoms. The number of rotatable bonds is 3. The summed E-state index contributed by atoms with van der Waals surface area (Å²) in [5, 5.41) is 11.0. The zero-order valence-corrected chi connectivity index (χ0v) is 16.2. The van der Waals surface area contributed by atoms with Crippen LogP contribution in [0.25, 0.3) is 5.76 Å². The lowest BCUT2D eigenvalue weighted by Crippen LogP contribution is -2.30. The fourth-order valence-corrected chi connectivity index (χ4v) is 3.55. The van der Waals surface area contributed by atoms with Crippen LogP contribution in [0.3, 0.4) is 0 Å². The molecule has 1 saturated heterocycles. The van der Waals surface area contributed by atoms with E-state index in [1.165, 1.54) is 4.90 Å². The van der Waals surface area contributed by atoms with Crippen LogP contribution < -0.4 is 4.90 Å². The number of aryl methyl sites for hydroxylation is 2. The number of nitrogens with zero attached hydrogens (tertiary/aromatic N) is 2. The lowest BCUT2D eigenvalue weighted by atomic mass is 9.95. The maximum Gasteiger partial charge on any atom is 0.301 e. The minimum Gasteiger partial charge on any atom is -0.507 e. The van der Waals surface area contributed by atoms with Crippen LogP contribution in [0, 0.1) is 13.8 Å². The molecule has 0 unspecified atom stereocenters. The molecule has 5 nitrogen and oxygen atoms in total. The molecule has 0 saturated carbocycles. The molecule has 1 amide bonds. The summed E-state index contributed by atoms with van der Waals surface area (Å²) in [5.74, 6) is -1.24. The largest absolute Gasteiger partial charge is 0.507 e. The molecule has 4 rings (SSSR count). The Morgan fingerprint density at radius 1 is 0.897 bits per heavy atom. The van der Waals surface area contributed by atoms with E-state index in [1.54, 1.807) is 36.4 Å². The topological polar surface area (TPSA) is 70.5 Å². The van der Waals surface area contributed by atoms with Crippen molar-refractivity contribution in [2.75, 3.05) is 4.90 Å². The molecule has 1 N–H and O–H groups in total. The summed E-state index contributed by atoms with van der Waals surface area (Å²) >= 11 is 0.